The normalized spacial score (nSPS) is 11.8. The lowest BCUT2D eigenvalue weighted by Gasteiger charge is -2.15. The zero-order valence-corrected chi connectivity index (χ0v) is 13.5. The van der Waals surface area contributed by atoms with E-state index in [2.05, 4.69) is 21.2 Å². The molecule has 21 heavy (non-hydrogen) atoms. The molecule has 0 unspecified atom stereocenters. The number of rotatable bonds is 4. The Labute approximate surface area is 132 Å². The second-order valence-electron chi connectivity index (χ2n) is 4.70. The van der Waals surface area contributed by atoms with E-state index < -0.39 is 0 Å². The van der Waals surface area contributed by atoms with Crippen molar-refractivity contribution in [3.63, 3.8) is 0 Å². The third-order valence-corrected chi connectivity index (χ3v) is 3.71. The predicted molar refractivity (Wildman–Crippen MR) is 87.4 cm³/mol. The molecule has 1 amide bonds. The van der Waals surface area contributed by atoms with Crippen molar-refractivity contribution in [3.05, 3.63) is 58.1 Å². The monoisotopic (exact) mass is 348 g/mol. The summed E-state index contributed by atoms with van der Waals surface area (Å²) in [6.45, 7) is 1.93. The van der Waals surface area contributed by atoms with Gasteiger partial charge in [0.05, 0.1) is 18.7 Å². The minimum Gasteiger partial charge on any atom is -0.497 e. The summed E-state index contributed by atoms with van der Waals surface area (Å²) in [7, 11) is 1.62. The van der Waals surface area contributed by atoms with Crippen molar-refractivity contribution in [1.82, 2.24) is 5.32 Å². The van der Waals surface area contributed by atoms with Crippen molar-refractivity contribution in [2.24, 2.45) is 0 Å². The van der Waals surface area contributed by atoms with Gasteiger partial charge in [-0.3, -0.25) is 4.79 Å². The molecule has 0 aliphatic carbocycles. The van der Waals surface area contributed by atoms with E-state index in [1.165, 1.54) is 0 Å². The molecule has 5 heteroatoms. The Hall–Kier alpha value is -2.01. The molecule has 0 saturated carbocycles. The Morgan fingerprint density at radius 2 is 1.90 bits per heavy atom. The van der Waals surface area contributed by atoms with Gasteiger partial charge in [0, 0.05) is 10.2 Å². The summed E-state index contributed by atoms with van der Waals surface area (Å²) in [5.41, 5.74) is 7.79. The van der Waals surface area contributed by atoms with Crippen LogP contribution in [0.5, 0.6) is 5.75 Å². The highest BCUT2D eigenvalue weighted by Gasteiger charge is 2.14. The SMILES string of the molecule is COc1ccc([C@H](C)NC(=O)c2ccc(Br)cc2N)cc1. The molecule has 0 aliphatic heterocycles. The molecule has 2 rings (SSSR count). The number of methoxy groups -OCH3 is 1. The number of ether oxygens (including phenoxy) is 1. The van der Waals surface area contributed by atoms with Crippen LogP contribution >= 0.6 is 15.9 Å². The van der Waals surface area contributed by atoms with E-state index in [4.69, 9.17) is 10.5 Å². The van der Waals surface area contributed by atoms with Crippen LogP contribution in [0, 0.1) is 0 Å². The van der Waals surface area contributed by atoms with Gasteiger partial charge in [0.15, 0.2) is 0 Å². The average molecular weight is 349 g/mol. The Morgan fingerprint density at radius 1 is 1.24 bits per heavy atom. The van der Waals surface area contributed by atoms with Gasteiger partial charge in [0.1, 0.15) is 5.75 Å². The minimum atomic E-state index is -0.191. The molecule has 110 valence electrons. The summed E-state index contributed by atoms with van der Waals surface area (Å²) in [6, 6.07) is 12.7. The first-order chi connectivity index (χ1) is 10.0. The lowest BCUT2D eigenvalue weighted by atomic mass is 10.1. The summed E-state index contributed by atoms with van der Waals surface area (Å²) < 4.78 is 5.96. The number of nitrogens with one attached hydrogen (secondary N) is 1. The third kappa shape index (κ3) is 3.76. The molecule has 2 aromatic rings. The molecule has 4 nitrogen and oxygen atoms in total. The van der Waals surface area contributed by atoms with E-state index in [0.717, 1.165) is 15.8 Å². The van der Waals surface area contributed by atoms with Crippen molar-refractivity contribution < 1.29 is 9.53 Å². The molecule has 0 fully saturated rings. The van der Waals surface area contributed by atoms with Gasteiger partial charge in [-0.05, 0) is 42.8 Å². The zero-order valence-electron chi connectivity index (χ0n) is 11.9. The lowest BCUT2D eigenvalue weighted by Crippen LogP contribution is -2.27. The number of hydrogen-bond acceptors (Lipinski definition) is 3. The summed E-state index contributed by atoms with van der Waals surface area (Å²) in [5.74, 6) is 0.595. The molecule has 3 N–H and O–H groups in total. The smallest absolute Gasteiger partial charge is 0.253 e. The van der Waals surface area contributed by atoms with Crippen LogP contribution in [-0.2, 0) is 0 Å². The number of carbonyl (C=O) groups is 1. The first kappa shape index (κ1) is 15.4. The van der Waals surface area contributed by atoms with Gasteiger partial charge >= 0.3 is 0 Å². The Balaban J connectivity index is 2.10. The van der Waals surface area contributed by atoms with Crippen LogP contribution in [-0.4, -0.2) is 13.0 Å². The Kier molecular flexibility index (Phi) is 4.85. The van der Waals surface area contributed by atoms with Crippen LogP contribution in [0.3, 0.4) is 0 Å². The van der Waals surface area contributed by atoms with Crippen molar-refractivity contribution in [2.45, 2.75) is 13.0 Å². The van der Waals surface area contributed by atoms with Gasteiger partial charge in [0.25, 0.3) is 5.91 Å². The fourth-order valence-corrected chi connectivity index (χ4v) is 2.37. The second kappa shape index (κ2) is 6.63. The predicted octanol–water partition coefficient (Wildman–Crippen LogP) is 3.53. The zero-order chi connectivity index (χ0) is 15.4. The minimum absolute atomic E-state index is 0.119. The van der Waals surface area contributed by atoms with Crippen molar-refractivity contribution in [2.75, 3.05) is 12.8 Å². The summed E-state index contributed by atoms with van der Waals surface area (Å²) >= 11 is 3.32. The molecule has 0 bridgehead atoms. The highest BCUT2D eigenvalue weighted by Crippen LogP contribution is 2.21. The van der Waals surface area contributed by atoms with Gasteiger partial charge in [-0.25, -0.2) is 0 Å². The van der Waals surface area contributed by atoms with E-state index in [0.29, 0.717) is 11.3 Å². The van der Waals surface area contributed by atoms with Crippen LogP contribution in [0.15, 0.2) is 46.9 Å². The number of carbonyl (C=O) groups excluding carboxylic acids is 1. The lowest BCUT2D eigenvalue weighted by molar-refractivity contribution is 0.0941. The summed E-state index contributed by atoms with van der Waals surface area (Å²) in [4.78, 5) is 12.3. The highest BCUT2D eigenvalue weighted by atomic mass is 79.9. The third-order valence-electron chi connectivity index (χ3n) is 3.22. The number of nitrogens with two attached hydrogens (primary N) is 1. The van der Waals surface area contributed by atoms with Gasteiger partial charge < -0.3 is 15.8 Å². The van der Waals surface area contributed by atoms with E-state index in [9.17, 15) is 4.79 Å². The van der Waals surface area contributed by atoms with Crippen LogP contribution in [0.25, 0.3) is 0 Å². The maximum atomic E-state index is 12.3. The maximum absolute atomic E-state index is 12.3. The number of anilines is 1. The molecule has 0 heterocycles. The van der Waals surface area contributed by atoms with Crippen molar-refractivity contribution in [3.8, 4) is 5.75 Å². The van der Waals surface area contributed by atoms with Crippen LogP contribution < -0.4 is 15.8 Å². The topological polar surface area (TPSA) is 64.3 Å². The molecule has 0 spiro atoms. The first-order valence-corrected chi connectivity index (χ1v) is 7.30. The van der Waals surface area contributed by atoms with Crippen molar-refractivity contribution in [1.29, 1.82) is 0 Å². The number of hydrogen-bond donors (Lipinski definition) is 2. The average Bonchev–Trinajstić information content (AvgIpc) is 2.47. The Bertz CT molecular complexity index is 641. The molecule has 0 saturated heterocycles. The number of nitrogen functional groups attached to an aromatic ring is 1. The second-order valence-corrected chi connectivity index (χ2v) is 5.62. The van der Waals surface area contributed by atoms with E-state index in [1.807, 2.05) is 31.2 Å². The molecule has 0 aliphatic rings. The van der Waals surface area contributed by atoms with Gasteiger partial charge in [-0.2, -0.15) is 0 Å². The van der Waals surface area contributed by atoms with Crippen LogP contribution in [0.4, 0.5) is 5.69 Å². The quantitative estimate of drug-likeness (QED) is 0.830. The highest BCUT2D eigenvalue weighted by molar-refractivity contribution is 9.10. The first-order valence-electron chi connectivity index (χ1n) is 6.51. The van der Waals surface area contributed by atoms with Gasteiger partial charge in [0.2, 0.25) is 0 Å². The van der Waals surface area contributed by atoms with Crippen molar-refractivity contribution >= 4 is 27.5 Å². The molecule has 1 atom stereocenters. The number of benzene rings is 2. The van der Waals surface area contributed by atoms with Crippen LogP contribution in [0.2, 0.25) is 0 Å². The number of amides is 1. The van der Waals surface area contributed by atoms with Gasteiger partial charge in [-0.15, -0.1) is 0 Å². The standard InChI is InChI=1S/C16H17BrN2O2/c1-10(11-3-6-13(21-2)7-4-11)19-16(20)14-8-5-12(17)9-15(14)18/h3-10H,18H2,1-2H3,(H,19,20)/t10-/m0/s1. The summed E-state index contributed by atoms with van der Waals surface area (Å²) in [6.07, 6.45) is 0. The largest absolute Gasteiger partial charge is 0.497 e. The van der Waals surface area contributed by atoms with Crippen LogP contribution in [0.1, 0.15) is 28.9 Å². The van der Waals surface area contributed by atoms with E-state index in [1.54, 1.807) is 25.3 Å². The molecule has 0 aromatic heterocycles. The molecular formula is C16H17BrN2O2. The van der Waals surface area contributed by atoms with E-state index >= 15 is 0 Å². The summed E-state index contributed by atoms with van der Waals surface area (Å²) in [5, 5.41) is 2.94. The van der Waals surface area contributed by atoms with E-state index in [-0.39, 0.29) is 11.9 Å². The molecular weight excluding hydrogens is 332 g/mol. The number of halogens is 1. The van der Waals surface area contributed by atoms with Gasteiger partial charge in [-0.1, -0.05) is 28.1 Å². The maximum Gasteiger partial charge on any atom is 0.253 e. The molecule has 0 radical (unpaired) electrons. The fraction of sp³-hybridized carbons (Fsp3) is 0.188. The fourth-order valence-electron chi connectivity index (χ4n) is 1.99. The molecule has 2 aromatic carbocycles. The Morgan fingerprint density at radius 3 is 2.48 bits per heavy atom.